The van der Waals surface area contributed by atoms with Crippen LogP contribution in [0.15, 0.2) is 36.7 Å². The molecule has 2 aliphatic rings. The number of phenols is 1. The van der Waals surface area contributed by atoms with E-state index in [4.69, 9.17) is 19.8 Å². The van der Waals surface area contributed by atoms with Gasteiger partial charge in [0.25, 0.3) is 0 Å². The van der Waals surface area contributed by atoms with Gasteiger partial charge >= 0.3 is 0 Å². The van der Waals surface area contributed by atoms with Crippen LogP contribution < -0.4 is 10.0 Å². The maximum atomic E-state index is 12.0. The lowest BCUT2D eigenvalue weighted by atomic mass is 10.1. The summed E-state index contributed by atoms with van der Waals surface area (Å²) in [6.45, 7) is 6.23. The fraction of sp³-hybridized carbons (Fsp3) is 0.409. The van der Waals surface area contributed by atoms with Crippen LogP contribution in [0.1, 0.15) is 5.69 Å². The molecule has 5 rings (SSSR count). The van der Waals surface area contributed by atoms with Gasteiger partial charge in [0.05, 0.1) is 34.5 Å². The van der Waals surface area contributed by atoms with Crippen LogP contribution in [0.5, 0.6) is 5.75 Å². The second-order valence-electron chi connectivity index (χ2n) is 8.46. The van der Waals surface area contributed by atoms with Crippen molar-refractivity contribution >= 4 is 27.2 Å². The second kappa shape index (κ2) is 8.92. The van der Waals surface area contributed by atoms with Crippen molar-refractivity contribution in [2.75, 3.05) is 57.4 Å². The van der Waals surface area contributed by atoms with E-state index in [1.54, 1.807) is 16.4 Å². The van der Waals surface area contributed by atoms with Gasteiger partial charge in [0.2, 0.25) is 0 Å². The first-order valence-corrected chi connectivity index (χ1v) is 12.7. The number of hydrogen-bond acceptors (Lipinski definition) is 7. The summed E-state index contributed by atoms with van der Waals surface area (Å²) in [4.78, 5) is 14.3. The Hall–Kier alpha value is -2.70. The van der Waals surface area contributed by atoms with Gasteiger partial charge in [-0.2, -0.15) is 0 Å². The fourth-order valence-corrected chi connectivity index (χ4v) is 5.11. The minimum Gasteiger partial charge on any atom is -0.508 e. The van der Waals surface area contributed by atoms with Crippen molar-refractivity contribution in [3.8, 4) is 17.0 Å². The van der Waals surface area contributed by atoms with Crippen molar-refractivity contribution in [2.24, 2.45) is 5.14 Å². The number of anilines is 1. The van der Waals surface area contributed by atoms with Crippen LogP contribution >= 0.6 is 0 Å². The van der Waals surface area contributed by atoms with Gasteiger partial charge in [0.1, 0.15) is 5.75 Å². The molecule has 176 valence electrons. The van der Waals surface area contributed by atoms with Crippen molar-refractivity contribution in [2.45, 2.75) is 6.54 Å². The lowest BCUT2D eigenvalue weighted by Crippen LogP contribution is -2.50. The monoisotopic (exact) mass is 471 g/mol. The topological polar surface area (TPSA) is 112 Å². The summed E-state index contributed by atoms with van der Waals surface area (Å²) in [7, 11) is -2.65. The number of imidazole rings is 1. The van der Waals surface area contributed by atoms with Crippen molar-refractivity contribution in [1.29, 1.82) is 0 Å². The number of aromatic hydroxyl groups is 1. The van der Waals surface area contributed by atoms with E-state index in [0.717, 1.165) is 54.6 Å². The maximum absolute atomic E-state index is 12.0. The average molecular weight is 472 g/mol. The molecule has 2 fully saturated rings. The van der Waals surface area contributed by atoms with Gasteiger partial charge in [-0.3, -0.25) is 4.90 Å². The number of piperazine rings is 1. The smallest absolute Gasteiger partial charge is 0.180 e. The summed E-state index contributed by atoms with van der Waals surface area (Å²) >= 11 is 0. The van der Waals surface area contributed by atoms with E-state index >= 15 is 0 Å². The molecule has 0 spiro atoms. The number of phenolic OH excluding ortho intramolecular Hbond substituents is 1. The van der Waals surface area contributed by atoms with Crippen LogP contribution in [-0.2, 0) is 21.2 Å². The Bertz CT molecular complexity index is 1250. The van der Waals surface area contributed by atoms with Gasteiger partial charge in [0.15, 0.2) is 11.5 Å². The molecule has 0 saturated carbocycles. The summed E-state index contributed by atoms with van der Waals surface area (Å²) < 4.78 is 21.3. The highest BCUT2D eigenvalue weighted by molar-refractivity contribution is 7.96. The van der Waals surface area contributed by atoms with Gasteiger partial charge in [0, 0.05) is 63.8 Å². The summed E-state index contributed by atoms with van der Waals surface area (Å²) in [5.41, 5.74) is 3.36. The number of nitrogens with two attached hydrogens (primary N) is 1. The molecule has 33 heavy (non-hydrogen) atoms. The van der Waals surface area contributed by atoms with Crippen LogP contribution in [-0.4, -0.2) is 91.2 Å². The fourth-order valence-electron chi connectivity index (χ4n) is 4.33. The molecular formula is C22H29N7O3S. The molecule has 1 aromatic carbocycles. The standard InChI is InChI=1S/C22H29N7O3S/c1-33(23,31)29-7-5-26(6-8-29)14-18-15-28-16-20(17-3-2-4-19(30)13-17)25-22(21(28)24-18)27-9-11-32-12-10-27/h2-4,13,15-16,30H,1,5-12,14H2,(H2,23,31). The van der Waals surface area contributed by atoms with E-state index in [1.807, 2.05) is 28.9 Å². The van der Waals surface area contributed by atoms with E-state index in [-0.39, 0.29) is 5.75 Å². The molecule has 0 radical (unpaired) electrons. The van der Waals surface area contributed by atoms with E-state index in [0.29, 0.717) is 32.8 Å². The Balaban J connectivity index is 1.45. The summed E-state index contributed by atoms with van der Waals surface area (Å²) in [6, 6.07) is 7.12. The molecule has 3 N–H and O–H groups in total. The lowest BCUT2D eigenvalue weighted by molar-refractivity contribution is 0.122. The largest absolute Gasteiger partial charge is 0.508 e. The predicted molar refractivity (Wildman–Crippen MR) is 129 cm³/mol. The minimum atomic E-state index is -2.65. The highest BCUT2D eigenvalue weighted by atomic mass is 32.2. The van der Waals surface area contributed by atoms with Crippen LogP contribution in [0.2, 0.25) is 0 Å². The molecule has 11 heteroatoms. The van der Waals surface area contributed by atoms with Crippen LogP contribution in [0.3, 0.4) is 0 Å². The molecule has 3 aromatic rings. The van der Waals surface area contributed by atoms with Gasteiger partial charge in [-0.05, 0) is 18.0 Å². The number of hydrogen-bond donors (Lipinski definition) is 2. The predicted octanol–water partition coefficient (Wildman–Crippen LogP) is 0.561. The number of nitrogens with zero attached hydrogens (tertiary/aromatic N) is 6. The number of ether oxygens (including phenoxy) is 1. The van der Waals surface area contributed by atoms with Gasteiger partial charge in [-0.1, -0.05) is 12.1 Å². The minimum absolute atomic E-state index is 0.205. The maximum Gasteiger partial charge on any atom is 0.180 e. The van der Waals surface area contributed by atoms with Crippen LogP contribution in [0.4, 0.5) is 5.82 Å². The normalized spacial score (nSPS) is 20.2. The molecule has 1 atom stereocenters. The first-order chi connectivity index (χ1) is 15.9. The van der Waals surface area contributed by atoms with Gasteiger partial charge in [-0.15, -0.1) is 0 Å². The third-order valence-electron chi connectivity index (χ3n) is 6.08. The number of rotatable bonds is 5. The van der Waals surface area contributed by atoms with Crippen molar-refractivity contribution in [3.63, 3.8) is 0 Å². The Morgan fingerprint density at radius 2 is 1.85 bits per heavy atom. The zero-order valence-corrected chi connectivity index (χ0v) is 19.3. The van der Waals surface area contributed by atoms with Gasteiger partial charge in [-0.25, -0.2) is 23.6 Å². The van der Waals surface area contributed by atoms with E-state index < -0.39 is 9.89 Å². The van der Waals surface area contributed by atoms with Crippen LogP contribution in [0, 0.1) is 0 Å². The summed E-state index contributed by atoms with van der Waals surface area (Å²) in [6.07, 6.45) is 3.99. The Kier molecular flexibility index (Phi) is 5.97. The van der Waals surface area contributed by atoms with E-state index in [1.165, 1.54) is 0 Å². The molecule has 2 aliphatic heterocycles. The zero-order chi connectivity index (χ0) is 23.0. The van der Waals surface area contributed by atoms with E-state index in [9.17, 15) is 9.32 Å². The number of benzene rings is 1. The first-order valence-electron chi connectivity index (χ1n) is 11.0. The molecule has 10 nitrogen and oxygen atoms in total. The Labute approximate surface area is 193 Å². The molecule has 1 unspecified atom stereocenters. The third-order valence-corrected chi connectivity index (χ3v) is 7.32. The summed E-state index contributed by atoms with van der Waals surface area (Å²) in [5, 5.41) is 15.6. The molecule has 2 saturated heterocycles. The molecule has 0 bridgehead atoms. The highest BCUT2D eigenvalue weighted by Gasteiger charge is 2.23. The van der Waals surface area contributed by atoms with Crippen molar-refractivity contribution in [3.05, 3.63) is 42.4 Å². The quantitative estimate of drug-likeness (QED) is 0.523. The molecular weight excluding hydrogens is 442 g/mol. The van der Waals surface area contributed by atoms with Crippen LogP contribution in [0.25, 0.3) is 16.9 Å². The number of morpholine rings is 1. The number of fused-ring (bicyclic) bond motifs is 1. The Morgan fingerprint density at radius 3 is 2.55 bits per heavy atom. The van der Waals surface area contributed by atoms with E-state index in [2.05, 4.69) is 15.7 Å². The molecule has 0 aliphatic carbocycles. The zero-order valence-electron chi connectivity index (χ0n) is 18.5. The third kappa shape index (κ3) is 4.82. The number of aromatic nitrogens is 3. The van der Waals surface area contributed by atoms with Gasteiger partial charge < -0.3 is 19.1 Å². The molecule has 0 amide bonds. The summed E-state index contributed by atoms with van der Waals surface area (Å²) in [5.74, 6) is 4.61. The second-order valence-corrected chi connectivity index (χ2v) is 10.4. The SMILES string of the molecule is C=S(N)(=O)N1CCN(Cc2cn3cc(-c4cccc(O)c4)nc(N4CCOCC4)c3n2)CC1. The highest BCUT2D eigenvalue weighted by Crippen LogP contribution is 2.28. The first kappa shape index (κ1) is 22.1. The molecule has 4 heterocycles. The average Bonchev–Trinajstić information content (AvgIpc) is 3.21. The lowest BCUT2D eigenvalue weighted by Gasteiger charge is -2.34. The molecule has 2 aromatic heterocycles. The van der Waals surface area contributed by atoms with Crippen molar-refractivity contribution in [1.82, 2.24) is 23.6 Å². The van der Waals surface area contributed by atoms with Crippen molar-refractivity contribution < 1.29 is 14.1 Å². The Morgan fingerprint density at radius 1 is 1.09 bits per heavy atom.